The van der Waals surface area contributed by atoms with Crippen LogP contribution in [0.5, 0.6) is 0 Å². The Kier molecular flexibility index (Phi) is 4.08. The van der Waals surface area contributed by atoms with Crippen molar-refractivity contribution >= 4 is 0 Å². The van der Waals surface area contributed by atoms with Crippen LogP contribution in [0.2, 0.25) is 0 Å². The first-order valence-corrected chi connectivity index (χ1v) is 4.44. The fraction of sp³-hybridized carbons (Fsp3) is 1.00. The van der Waals surface area contributed by atoms with Crippen LogP contribution in [-0.4, -0.2) is 53.1 Å². The largest absolute Gasteiger partial charge is 0.388 e. The van der Waals surface area contributed by atoms with E-state index in [1.54, 1.807) is 0 Å². The molecule has 1 heterocycles. The van der Waals surface area contributed by atoms with E-state index in [-0.39, 0.29) is 6.61 Å². The molecule has 0 radical (unpaired) electrons. The van der Waals surface area contributed by atoms with Crippen LogP contribution >= 0.6 is 0 Å². The second kappa shape index (κ2) is 4.88. The Morgan fingerprint density at radius 1 is 1.38 bits per heavy atom. The minimum atomic E-state index is -1.15. The molecule has 1 aliphatic heterocycles. The molecule has 0 aromatic heterocycles. The molecule has 0 bridgehead atoms. The maximum Gasteiger partial charge on any atom is 0.183 e. The van der Waals surface area contributed by atoms with Crippen molar-refractivity contribution in [1.82, 2.24) is 0 Å². The number of aliphatic hydroxyl groups is 3. The van der Waals surface area contributed by atoms with Crippen molar-refractivity contribution in [3.8, 4) is 0 Å². The molecule has 0 aliphatic carbocycles. The average Bonchev–Trinajstić information content (AvgIpc) is 2.12. The molecule has 1 fully saturated rings. The molecule has 1 rings (SSSR count). The second-order valence-corrected chi connectivity index (χ2v) is 3.12. The van der Waals surface area contributed by atoms with E-state index in [0.29, 0.717) is 6.61 Å². The average molecular weight is 192 g/mol. The van der Waals surface area contributed by atoms with Crippen LogP contribution in [0.4, 0.5) is 0 Å². The molecule has 0 spiro atoms. The lowest BCUT2D eigenvalue weighted by atomic mass is 10.1. The molecular weight excluding hydrogens is 176 g/mol. The number of ether oxygens (including phenoxy) is 2. The summed E-state index contributed by atoms with van der Waals surface area (Å²) in [4.78, 5) is 0. The van der Waals surface area contributed by atoms with Gasteiger partial charge in [-0.2, -0.15) is 0 Å². The van der Waals surface area contributed by atoms with Gasteiger partial charge >= 0.3 is 0 Å². The fourth-order valence-electron chi connectivity index (χ4n) is 1.21. The number of hydrogen-bond donors (Lipinski definition) is 3. The van der Waals surface area contributed by atoms with Crippen molar-refractivity contribution in [3.05, 3.63) is 0 Å². The van der Waals surface area contributed by atoms with Gasteiger partial charge in [0.05, 0.1) is 6.61 Å². The first kappa shape index (κ1) is 10.9. The van der Waals surface area contributed by atoms with Gasteiger partial charge in [0, 0.05) is 6.61 Å². The van der Waals surface area contributed by atoms with Gasteiger partial charge in [0.2, 0.25) is 0 Å². The molecule has 0 saturated carbocycles. The summed E-state index contributed by atoms with van der Waals surface area (Å²) < 4.78 is 9.93. The number of rotatable bonds is 3. The van der Waals surface area contributed by atoms with E-state index in [2.05, 4.69) is 0 Å². The Balaban J connectivity index is 2.45. The third kappa shape index (κ3) is 2.62. The molecule has 1 saturated heterocycles. The van der Waals surface area contributed by atoms with E-state index in [0.717, 1.165) is 6.42 Å². The normalized spacial score (nSPS) is 40.6. The van der Waals surface area contributed by atoms with Crippen LogP contribution < -0.4 is 0 Å². The van der Waals surface area contributed by atoms with Crippen molar-refractivity contribution in [2.45, 2.75) is 37.9 Å². The first-order valence-electron chi connectivity index (χ1n) is 4.44. The predicted octanol–water partition coefficient (Wildman–Crippen LogP) is -1.15. The topological polar surface area (TPSA) is 79.2 Å². The van der Waals surface area contributed by atoms with Gasteiger partial charge in [0.15, 0.2) is 6.29 Å². The van der Waals surface area contributed by atoms with Crippen molar-refractivity contribution in [2.75, 3.05) is 13.2 Å². The Morgan fingerprint density at radius 2 is 2.08 bits per heavy atom. The number of hydrogen-bond acceptors (Lipinski definition) is 5. The van der Waals surface area contributed by atoms with Gasteiger partial charge in [0.1, 0.15) is 18.3 Å². The zero-order valence-corrected chi connectivity index (χ0v) is 7.59. The summed E-state index contributed by atoms with van der Waals surface area (Å²) in [6.45, 7) is 2.28. The summed E-state index contributed by atoms with van der Waals surface area (Å²) >= 11 is 0. The molecule has 0 aromatic carbocycles. The molecule has 4 atom stereocenters. The quantitative estimate of drug-likeness (QED) is 0.526. The van der Waals surface area contributed by atoms with Crippen LogP contribution in [0, 0.1) is 0 Å². The van der Waals surface area contributed by atoms with Gasteiger partial charge in [-0.05, 0) is 6.42 Å². The summed E-state index contributed by atoms with van der Waals surface area (Å²) in [7, 11) is 0. The van der Waals surface area contributed by atoms with Gasteiger partial charge in [-0.25, -0.2) is 0 Å². The van der Waals surface area contributed by atoms with Crippen LogP contribution in [0.1, 0.15) is 13.3 Å². The highest BCUT2D eigenvalue weighted by atomic mass is 16.6. The third-order valence-corrected chi connectivity index (χ3v) is 1.96. The smallest absolute Gasteiger partial charge is 0.183 e. The van der Waals surface area contributed by atoms with Crippen LogP contribution in [0.15, 0.2) is 0 Å². The van der Waals surface area contributed by atoms with Gasteiger partial charge in [-0.1, -0.05) is 6.92 Å². The summed E-state index contributed by atoms with van der Waals surface area (Å²) in [5.74, 6) is 0. The summed E-state index contributed by atoms with van der Waals surface area (Å²) in [6, 6.07) is 0. The van der Waals surface area contributed by atoms with Crippen molar-refractivity contribution in [2.24, 2.45) is 0 Å². The summed E-state index contributed by atoms with van der Waals surface area (Å²) in [6.07, 6.45) is -3.26. The highest BCUT2D eigenvalue weighted by Gasteiger charge is 2.38. The second-order valence-electron chi connectivity index (χ2n) is 3.12. The Bertz CT molecular complexity index is 151. The molecule has 1 aliphatic rings. The molecule has 0 amide bonds. The maximum atomic E-state index is 9.42. The summed E-state index contributed by atoms with van der Waals surface area (Å²) in [5.41, 5.74) is 0. The van der Waals surface area contributed by atoms with Crippen molar-refractivity contribution in [1.29, 1.82) is 0 Å². The fourth-order valence-corrected chi connectivity index (χ4v) is 1.21. The molecule has 3 N–H and O–H groups in total. The zero-order valence-electron chi connectivity index (χ0n) is 7.59. The molecule has 13 heavy (non-hydrogen) atoms. The zero-order chi connectivity index (χ0) is 9.84. The monoisotopic (exact) mass is 192 g/mol. The van der Waals surface area contributed by atoms with E-state index in [1.807, 2.05) is 6.92 Å². The number of aliphatic hydroxyl groups excluding tert-OH is 3. The molecule has 1 unspecified atom stereocenters. The minimum absolute atomic E-state index is 0.0612. The molecule has 5 nitrogen and oxygen atoms in total. The van der Waals surface area contributed by atoms with E-state index in [4.69, 9.17) is 9.47 Å². The highest BCUT2D eigenvalue weighted by Crippen LogP contribution is 2.16. The summed E-state index contributed by atoms with van der Waals surface area (Å²) in [5, 5.41) is 27.9. The van der Waals surface area contributed by atoms with Crippen molar-refractivity contribution in [3.63, 3.8) is 0 Å². The Morgan fingerprint density at radius 3 is 2.69 bits per heavy atom. The van der Waals surface area contributed by atoms with E-state index < -0.39 is 24.6 Å². The maximum absolute atomic E-state index is 9.42. The highest BCUT2D eigenvalue weighted by molar-refractivity contribution is 4.83. The van der Waals surface area contributed by atoms with E-state index >= 15 is 0 Å². The van der Waals surface area contributed by atoms with Crippen LogP contribution in [-0.2, 0) is 9.47 Å². The van der Waals surface area contributed by atoms with Gasteiger partial charge in [-0.15, -0.1) is 0 Å². The molecule has 0 aromatic rings. The third-order valence-electron chi connectivity index (χ3n) is 1.96. The van der Waals surface area contributed by atoms with Crippen LogP contribution in [0.25, 0.3) is 0 Å². The lowest BCUT2D eigenvalue weighted by Crippen LogP contribution is -2.54. The van der Waals surface area contributed by atoms with Crippen molar-refractivity contribution < 1.29 is 24.8 Å². The molecule has 5 heteroatoms. The molecule has 78 valence electrons. The van der Waals surface area contributed by atoms with E-state index in [1.165, 1.54) is 0 Å². The standard InChI is InChI=1S/C8H16O5/c1-2-3-12-7-6(10)5(9)4-13-8(7)11/h5-11H,2-4H2,1H3/t5-,6+,7-,8?/m1/s1. The first-order chi connectivity index (χ1) is 6.16. The SMILES string of the molecule is CCCO[C@H]1C(O)OC[C@@H](O)[C@@H]1O. The minimum Gasteiger partial charge on any atom is -0.388 e. The molecular formula is C8H16O5. The predicted molar refractivity (Wildman–Crippen MR) is 44.0 cm³/mol. The van der Waals surface area contributed by atoms with E-state index in [9.17, 15) is 15.3 Å². The van der Waals surface area contributed by atoms with Gasteiger partial charge in [-0.3, -0.25) is 0 Å². The van der Waals surface area contributed by atoms with Crippen LogP contribution in [0.3, 0.4) is 0 Å². The Hall–Kier alpha value is -0.200. The van der Waals surface area contributed by atoms with Gasteiger partial charge < -0.3 is 24.8 Å². The Labute approximate surface area is 76.9 Å². The lowest BCUT2D eigenvalue weighted by Gasteiger charge is -2.35. The van der Waals surface area contributed by atoms with Gasteiger partial charge in [0.25, 0.3) is 0 Å². The lowest BCUT2D eigenvalue weighted by molar-refractivity contribution is -0.264.